The van der Waals surface area contributed by atoms with Crippen molar-refractivity contribution in [3.8, 4) is 11.5 Å². The highest BCUT2D eigenvalue weighted by Gasteiger charge is 2.09. The first-order chi connectivity index (χ1) is 10.2. The zero-order valence-electron chi connectivity index (χ0n) is 11.7. The number of benzene rings is 1. The van der Waals surface area contributed by atoms with Crippen LogP contribution in [0.1, 0.15) is 0 Å². The summed E-state index contributed by atoms with van der Waals surface area (Å²) in [7, 11) is -0.820. The lowest BCUT2D eigenvalue weighted by atomic mass is 10.2. The summed E-state index contributed by atoms with van der Waals surface area (Å²) in [5.74, 6) is 2.02. The summed E-state index contributed by atoms with van der Waals surface area (Å²) in [6.45, 7) is 0.619. The number of H-pyrrole nitrogens is 1. The van der Waals surface area contributed by atoms with E-state index in [1.807, 2.05) is 42.6 Å². The van der Waals surface area contributed by atoms with E-state index in [1.54, 1.807) is 6.26 Å². The van der Waals surface area contributed by atoms with Crippen LogP contribution >= 0.6 is 0 Å². The first kappa shape index (κ1) is 13.8. The Hall–Kier alpha value is -2.21. The van der Waals surface area contributed by atoms with E-state index in [2.05, 4.69) is 20.3 Å². The number of para-hydroxylation sites is 1. The van der Waals surface area contributed by atoms with E-state index in [4.69, 9.17) is 0 Å². The Morgan fingerprint density at radius 3 is 2.81 bits per heavy atom. The number of hydrogen-bond donors (Lipinski definition) is 2. The molecule has 1 atom stereocenters. The van der Waals surface area contributed by atoms with Crippen molar-refractivity contribution in [2.24, 2.45) is 0 Å². The lowest BCUT2D eigenvalue weighted by molar-refractivity contribution is 0.687. The minimum Gasteiger partial charge on any atom is -0.369 e. The molecule has 3 aromatic rings. The highest BCUT2D eigenvalue weighted by atomic mass is 32.2. The molecule has 0 bridgehead atoms. The predicted molar refractivity (Wildman–Crippen MR) is 86.7 cm³/mol. The number of aromatic amines is 1. The summed E-state index contributed by atoms with van der Waals surface area (Å²) < 4.78 is 11.2. The van der Waals surface area contributed by atoms with Crippen LogP contribution in [0.4, 0.5) is 5.82 Å². The van der Waals surface area contributed by atoms with Crippen molar-refractivity contribution in [3.63, 3.8) is 0 Å². The van der Waals surface area contributed by atoms with E-state index < -0.39 is 10.8 Å². The van der Waals surface area contributed by atoms with E-state index in [1.165, 1.54) is 0 Å². The van der Waals surface area contributed by atoms with Crippen molar-refractivity contribution in [1.29, 1.82) is 0 Å². The smallest absolute Gasteiger partial charge is 0.178 e. The number of fused-ring (bicyclic) bond motifs is 1. The standard InChI is InChI=1S/C15H16N4OS/c1-21(20)10-9-17-14-11-5-2-3-6-12(11)18-15(19-14)13-7-4-8-16-13/h2-8,16H,9-10H2,1H3,(H,17,18,19). The summed E-state index contributed by atoms with van der Waals surface area (Å²) in [6.07, 6.45) is 3.55. The second-order valence-electron chi connectivity index (χ2n) is 4.70. The molecule has 1 unspecified atom stereocenters. The molecule has 0 aliphatic rings. The van der Waals surface area contributed by atoms with Crippen molar-refractivity contribution >= 4 is 27.5 Å². The van der Waals surface area contributed by atoms with Gasteiger partial charge in [-0.3, -0.25) is 4.21 Å². The lowest BCUT2D eigenvalue weighted by Gasteiger charge is -2.09. The maximum Gasteiger partial charge on any atom is 0.178 e. The van der Waals surface area contributed by atoms with Crippen molar-refractivity contribution in [2.75, 3.05) is 23.9 Å². The summed E-state index contributed by atoms with van der Waals surface area (Å²) in [5, 5.41) is 4.23. The maximum absolute atomic E-state index is 11.2. The van der Waals surface area contributed by atoms with Gasteiger partial charge in [0, 0.05) is 40.9 Å². The predicted octanol–water partition coefficient (Wildman–Crippen LogP) is 2.42. The van der Waals surface area contributed by atoms with Crippen molar-refractivity contribution < 1.29 is 4.21 Å². The molecule has 0 aliphatic carbocycles. The highest BCUT2D eigenvalue weighted by Crippen LogP contribution is 2.23. The summed E-state index contributed by atoms with van der Waals surface area (Å²) in [5.41, 5.74) is 1.76. The third kappa shape index (κ3) is 3.11. The van der Waals surface area contributed by atoms with Crippen LogP contribution in [-0.2, 0) is 10.8 Å². The molecule has 2 aromatic heterocycles. The Balaban J connectivity index is 2.01. The number of rotatable bonds is 5. The summed E-state index contributed by atoms with van der Waals surface area (Å²) >= 11 is 0. The molecule has 108 valence electrons. The van der Waals surface area contributed by atoms with Gasteiger partial charge in [-0.25, -0.2) is 9.97 Å². The molecule has 0 radical (unpaired) electrons. The number of hydrogen-bond acceptors (Lipinski definition) is 4. The monoisotopic (exact) mass is 300 g/mol. The SMILES string of the molecule is CS(=O)CCNc1nc(-c2ccc[nH]2)nc2ccccc12. The van der Waals surface area contributed by atoms with Crippen LogP contribution in [0.2, 0.25) is 0 Å². The van der Waals surface area contributed by atoms with Gasteiger partial charge in [0.15, 0.2) is 5.82 Å². The average Bonchev–Trinajstić information content (AvgIpc) is 3.01. The number of anilines is 1. The quantitative estimate of drug-likeness (QED) is 0.759. The normalized spacial score (nSPS) is 12.4. The fourth-order valence-electron chi connectivity index (χ4n) is 2.11. The largest absolute Gasteiger partial charge is 0.369 e. The molecule has 0 saturated heterocycles. The van der Waals surface area contributed by atoms with Gasteiger partial charge < -0.3 is 10.3 Å². The highest BCUT2D eigenvalue weighted by molar-refractivity contribution is 7.84. The van der Waals surface area contributed by atoms with Crippen LogP contribution in [0.25, 0.3) is 22.4 Å². The first-order valence-electron chi connectivity index (χ1n) is 6.68. The van der Waals surface area contributed by atoms with Crippen LogP contribution in [0.15, 0.2) is 42.6 Å². The van der Waals surface area contributed by atoms with E-state index in [0.717, 1.165) is 22.4 Å². The number of nitrogens with one attached hydrogen (secondary N) is 2. The molecule has 0 spiro atoms. The zero-order valence-corrected chi connectivity index (χ0v) is 12.5. The van der Waals surface area contributed by atoms with Gasteiger partial charge in [-0.1, -0.05) is 12.1 Å². The molecule has 1 aromatic carbocycles. The third-order valence-electron chi connectivity index (χ3n) is 3.12. The van der Waals surface area contributed by atoms with E-state index in [9.17, 15) is 4.21 Å². The molecule has 0 saturated carbocycles. The molecule has 5 nitrogen and oxygen atoms in total. The summed E-state index contributed by atoms with van der Waals surface area (Å²) in [6, 6.07) is 11.7. The lowest BCUT2D eigenvalue weighted by Crippen LogP contribution is -2.11. The molecular weight excluding hydrogens is 284 g/mol. The second kappa shape index (κ2) is 6.05. The van der Waals surface area contributed by atoms with Crippen molar-refractivity contribution in [1.82, 2.24) is 15.0 Å². The topological polar surface area (TPSA) is 70.7 Å². The molecule has 2 heterocycles. The van der Waals surface area contributed by atoms with Crippen LogP contribution in [-0.4, -0.2) is 37.7 Å². The molecule has 0 fully saturated rings. The van der Waals surface area contributed by atoms with Crippen LogP contribution in [0.3, 0.4) is 0 Å². The van der Waals surface area contributed by atoms with Crippen LogP contribution in [0, 0.1) is 0 Å². The molecule has 3 rings (SSSR count). The molecular formula is C15H16N4OS. The maximum atomic E-state index is 11.2. The fraction of sp³-hybridized carbons (Fsp3) is 0.200. The molecule has 0 aliphatic heterocycles. The molecule has 6 heteroatoms. The average molecular weight is 300 g/mol. The van der Waals surface area contributed by atoms with Gasteiger partial charge in [0.25, 0.3) is 0 Å². The molecule has 21 heavy (non-hydrogen) atoms. The Labute approximate surface area is 125 Å². The van der Waals surface area contributed by atoms with E-state index in [0.29, 0.717) is 18.1 Å². The van der Waals surface area contributed by atoms with Crippen molar-refractivity contribution in [3.05, 3.63) is 42.6 Å². The van der Waals surface area contributed by atoms with Gasteiger partial charge in [-0.05, 0) is 24.3 Å². The number of aromatic nitrogens is 3. The van der Waals surface area contributed by atoms with E-state index in [-0.39, 0.29) is 0 Å². The van der Waals surface area contributed by atoms with Gasteiger partial charge in [0.2, 0.25) is 0 Å². The van der Waals surface area contributed by atoms with Crippen LogP contribution < -0.4 is 5.32 Å². The third-order valence-corrected chi connectivity index (χ3v) is 3.90. The second-order valence-corrected chi connectivity index (χ2v) is 6.26. The molecule has 2 N–H and O–H groups in total. The first-order valence-corrected chi connectivity index (χ1v) is 8.41. The fourth-order valence-corrected chi connectivity index (χ4v) is 2.50. The minimum absolute atomic E-state index is 0.593. The Kier molecular flexibility index (Phi) is 3.96. The zero-order chi connectivity index (χ0) is 14.7. The van der Waals surface area contributed by atoms with Gasteiger partial charge in [-0.15, -0.1) is 0 Å². The van der Waals surface area contributed by atoms with Gasteiger partial charge in [0.1, 0.15) is 5.82 Å². The van der Waals surface area contributed by atoms with Crippen molar-refractivity contribution in [2.45, 2.75) is 0 Å². The minimum atomic E-state index is -0.820. The van der Waals surface area contributed by atoms with Crippen LogP contribution in [0.5, 0.6) is 0 Å². The Bertz CT molecular complexity index is 770. The molecule has 0 amide bonds. The van der Waals surface area contributed by atoms with Gasteiger partial charge >= 0.3 is 0 Å². The van der Waals surface area contributed by atoms with Gasteiger partial charge in [-0.2, -0.15) is 0 Å². The number of nitrogens with zero attached hydrogens (tertiary/aromatic N) is 2. The Morgan fingerprint density at radius 2 is 2.05 bits per heavy atom. The Morgan fingerprint density at radius 1 is 1.19 bits per heavy atom. The van der Waals surface area contributed by atoms with E-state index >= 15 is 0 Å². The van der Waals surface area contributed by atoms with Gasteiger partial charge in [0.05, 0.1) is 11.2 Å². The summed E-state index contributed by atoms with van der Waals surface area (Å²) in [4.78, 5) is 12.3.